The van der Waals surface area contributed by atoms with Crippen molar-refractivity contribution in [3.05, 3.63) is 114 Å². The fourth-order valence-corrected chi connectivity index (χ4v) is 3.63. The number of nitrogens with zero attached hydrogens (tertiary/aromatic N) is 1. The highest BCUT2D eigenvalue weighted by Gasteiger charge is 2.17. The van der Waals surface area contributed by atoms with Crippen molar-refractivity contribution in [2.45, 2.75) is 13.0 Å². The maximum Gasteiger partial charge on any atom is 0.328 e. The summed E-state index contributed by atoms with van der Waals surface area (Å²) in [5, 5.41) is 9.11. The Hall–Kier alpha value is -4.32. The molecule has 1 heterocycles. The van der Waals surface area contributed by atoms with E-state index in [1.807, 2.05) is 30.3 Å². The van der Waals surface area contributed by atoms with Crippen LogP contribution in [0.1, 0.15) is 23.1 Å². The molecule has 0 atom stereocenters. The summed E-state index contributed by atoms with van der Waals surface area (Å²) in [7, 11) is 0. The van der Waals surface area contributed by atoms with Crippen LogP contribution in [0.15, 0.2) is 97.3 Å². The SMILES string of the molecule is O=C(O)C=Cc1cc(OCc2ccccc2)ccc1-c1ccc(-c2cccnc2)c(C(F)F)c1. The van der Waals surface area contributed by atoms with E-state index in [-0.39, 0.29) is 5.56 Å². The largest absolute Gasteiger partial charge is 0.489 e. The summed E-state index contributed by atoms with van der Waals surface area (Å²) in [5.74, 6) is -0.569. The molecule has 34 heavy (non-hydrogen) atoms. The van der Waals surface area contributed by atoms with Crippen molar-refractivity contribution < 1.29 is 23.4 Å². The maximum atomic E-state index is 14.0. The van der Waals surface area contributed by atoms with Crippen molar-refractivity contribution in [1.29, 1.82) is 0 Å². The van der Waals surface area contributed by atoms with Gasteiger partial charge in [-0.15, -0.1) is 0 Å². The molecule has 0 saturated heterocycles. The lowest BCUT2D eigenvalue weighted by Gasteiger charge is -2.14. The predicted molar refractivity (Wildman–Crippen MR) is 128 cm³/mol. The van der Waals surface area contributed by atoms with Gasteiger partial charge in [-0.25, -0.2) is 13.6 Å². The minimum Gasteiger partial charge on any atom is -0.489 e. The molecule has 0 bridgehead atoms. The van der Waals surface area contributed by atoms with Crippen LogP contribution >= 0.6 is 0 Å². The summed E-state index contributed by atoms with van der Waals surface area (Å²) in [6.07, 6.45) is 2.88. The summed E-state index contributed by atoms with van der Waals surface area (Å²) in [4.78, 5) is 15.2. The number of aromatic nitrogens is 1. The Morgan fingerprint density at radius 3 is 2.44 bits per heavy atom. The third-order valence-corrected chi connectivity index (χ3v) is 5.25. The zero-order valence-electron chi connectivity index (χ0n) is 18.1. The number of carboxylic acid groups (broad SMARTS) is 1. The second-order valence-corrected chi connectivity index (χ2v) is 7.54. The maximum absolute atomic E-state index is 14.0. The molecule has 1 aromatic heterocycles. The van der Waals surface area contributed by atoms with E-state index < -0.39 is 12.4 Å². The van der Waals surface area contributed by atoms with E-state index in [2.05, 4.69) is 4.98 Å². The van der Waals surface area contributed by atoms with Crippen molar-refractivity contribution in [2.24, 2.45) is 0 Å². The first-order valence-corrected chi connectivity index (χ1v) is 10.6. The number of alkyl halides is 2. The fraction of sp³-hybridized carbons (Fsp3) is 0.0714. The van der Waals surface area contributed by atoms with E-state index in [1.165, 1.54) is 12.1 Å². The predicted octanol–water partition coefficient (Wildman–Crippen LogP) is 7.03. The van der Waals surface area contributed by atoms with Crippen LogP contribution in [0.4, 0.5) is 8.78 Å². The van der Waals surface area contributed by atoms with Gasteiger partial charge in [0.1, 0.15) is 12.4 Å². The number of carbonyl (C=O) groups is 1. The molecule has 170 valence electrons. The summed E-state index contributed by atoms with van der Waals surface area (Å²) >= 11 is 0. The lowest BCUT2D eigenvalue weighted by molar-refractivity contribution is -0.131. The fourth-order valence-electron chi connectivity index (χ4n) is 3.63. The van der Waals surface area contributed by atoms with E-state index >= 15 is 0 Å². The van der Waals surface area contributed by atoms with E-state index in [9.17, 15) is 13.6 Å². The molecular formula is C28H21F2NO3. The van der Waals surface area contributed by atoms with Gasteiger partial charge in [0.2, 0.25) is 0 Å². The second kappa shape index (κ2) is 10.5. The van der Waals surface area contributed by atoms with Crippen LogP contribution in [0.25, 0.3) is 28.3 Å². The highest BCUT2D eigenvalue weighted by molar-refractivity contribution is 5.88. The quantitative estimate of drug-likeness (QED) is 0.289. The van der Waals surface area contributed by atoms with Gasteiger partial charge in [0, 0.05) is 29.6 Å². The first-order chi connectivity index (χ1) is 16.5. The number of carboxylic acids is 1. The molecule has 0 aliphatic heterocycles. The number of benzene rings is 3. The van der Waals surface area contributed by atoms with Gasteiger partial charge in [0.05, 0.1) is 0 Å². The molecule has 6 heteroatoms. The van der Waals surface area contributed by atoms with Crippen LogP contribution in [-0.4, -0.2) is 16.1 Å². The average Bonchev–Trinajstić information content (AvgIpc) is 2.87. The first kappa shape index (κ1) is 22.9. The van der Waals surface area contributed by atoms with Crippen LogP contribution in [0.2, 0.25) is 0 Å². The molecule has 4 rings (SSSR count). The first-order valence-electron chi connectivity index (χ1n) is 10.6. The van der Waals surface area contributed by atoms with Gasteiger partial charge in [-0.3, -0.25) is 4.98 Å². The van der Waals surface area contributed by atoms with E-state index in [1.54, 1.807) is 54.9 Å². The minimum atomic E-state index is -2.69. The minimum absolute atomic E-state index is 0.122. The molecule has 1 N–H and O–H groups in total. The van der Waals surface area contributed by atoms with Crippen LogP contribution in [-0.2, 0) is 11.4 Å². The van der Waals surface area contributed by atoms with Crippen LogP contribution in [0, 0.1) is 0 Å². The second-order valence-electron chi connectivity index (χ2n) is 7.54. The zero-order valence-corrected chi connectivity index (χ0v) is 18.1. The van der Waals surface area contributed by atoms with Gasteiger partial charge in [0.25, 0.3) is 6.43 Å². The Morgan fingerprint density at radius 1 is 0.941 bits per heavy atom. The lowest BCUT2D eigenvalue weighted by atomic mass is 9.93. The van der Waals surface area contributed by atoms with E-state index in [0.29, 0.717) is 40.2 Å². The third-order valence-electron chi connectivity index (χ3n) is 5.25. The number of hydrogen-bond donors (Lipinski definition) is 1. The van der Waals surface area contributed by atoms with Gasteiger partial charge >= 0.3 is 5.97 Å². The summed E-state index contributed by atoms with van der Waals surface area (Å²) in [6.45, 7) is 0.345. The summed E-state index contributed by atoms with van der Waals surface area (Å²) in [6, 6.07) is 23.1. The Labute approximate surface area is 195 Å². The normalized spacial score (nSPS) is 11.1. The number of hydrogen-bond acceptors (Lipinski definition) is 3. The van der Waals surface area contributed by atoms with Crippen molar-refractivity contribution in [2.75, 3.05) is 0 Å². The molecule has 0 saturated carbocycles. The number of rotatable bonds is 8. The molecule has 3 aromatic carbocycles. The Morgan fingerprint density at radius 2 is 1.74 bits per heavy atom. The highest BCUT2D eigenvalue weighted by Crippen LogP contribution is 2.36. The third kappa shape index (κ3) is 5.53. The Balaban J connectivity index is 1.72. The molecule has 0 aliphatic rings. The molecule has 4 aromatic rings. The van der Waals surface area contributed by atoms with Crippen molar-refractivity contribution >= 4 is 12.0 Å². The van der Waals surface area contributed by atoms with E-state index in [0.717, 1.165) is 11.6 Å². The van der Waals surface area contributed by atoms with Crippen LogP contribution < -0.4 is 4.74 Å². The Kier molecular flexibility index (Phi) is 7.08. The number of pyridine rings is 1. The molecule has 4 nitrogen and oxygen atoms in total. The van der Waals surface area contributed by atoms with Crippen molar-refractivity contribution in [3.63, 3.8) is 0 Å². The summed E-state index contributed by atoms with van der Waals surface area (Å²) < 4.78 is 33.8. The highest BCUT2D eigenvalue weighted by atomic mass is 19.3. The smallest absolute Gasteiger partial charge is 0.328 e. The molecule has 0 radical (unpaired) electrons. The average molecular weight is 457 g/mol. The number of halogens is 2. The molecule has 0 aliphatic carbocycles. The monoisotopic (exact) mass is 457 g/mol. The molecule has 0 unspecified atom stereocenters. The molecule has 0 amide bonds. The van der Waals surface area contributed by atoms with Crippen LogP contribution in [0.3, 0.4) is 0 Å². The lowest BCUT2D eigenvalue weighted by Crippen LogP contribution is -1.97. The molecule has 0 fully saturated rings. The number of aliphatic carboxylic acids is 1. The van der Waals surface area contributed by atoms with Gasteiger partial charge in [-0.2, -0.15) is 0 Å². The van der Waals surface area contributed by atoms with Crippen LogP contribution in [0.5, 0.6) is 5.75 Å². The number of ether oxygens (including phenoxy) is 1. The van der Waals surface area contributed by atoms with Gasteiger partial charge in [0.15, 0.2) is 0 Å². The standard InChI is InChI=1S/C28H21F2NO3/c29-28(30)26-16-21(8-11-25(26)22-7-4-14-31-17-22)24-12-10-23(15-20(24)9-13-27(32)33)34-18-19-5-2-1-3-6-19/h1-17,28H,18H2,(H,32,33). The van der Waals surface area contributed by atoms with Crippen molar-refractivity contribution in [1.82, 2.24) is 4.98 Å². The molecule has 0 spiro atoms. The molecular weight excluding hydrogens is 436 g/mol. The van der Waals surface area contributed by atoms with Crippen molar-refractivity contribution in [3.8, 4) is 28.0 Å². The Bertz CT molecular complexity index is 1310. The van der Waals surface area contributed by atoms with E-state index in [4.69, 9.17) is 9.84 Å². The summed E-state index contributed by atoms with van der Waals surface area (Å²) in [5.41, 5.74) is 3.57. The van der Waals surface area contributed by atoms with Gasteiger partial charge < -0.3 is 9.84 Å². The van der Waals surface area contributed by atoms with Gasteiger partial charge in [-0.1, -0.05) is 54.6 Å². The van der Waals surface area contributed by atoms with Gasteiger partial charge in [-0.05, 0) is 58.2 Å². The topological polar surface area (TPSA) is 59.4 Å². The zero-order chi connectivity index (χ0) is 23.9.